The van der Waals surface area contributed by atoms with E-state index in [1.165, 1.54) is 20.1 Å². The minimum atomic E-state index is -4.05. The molecular weight excluding hydrogens is 306 g/mol. The fraction of sp³-hybridized carbons (Fsp3) is 0.545. The van der Waals surface area contributed by atoms with Gasteiger partial charge in [0.15, 0.2) is 0 Å². The van der Waals surface area contributed by atoms with Crippen LogP contribution in [-0.4, -0.2) is 41.8 Å². The first-order chi connectivity index (χ1) is 9.06. The molecule has 20 heavy (non-hydrogen) atoms. The standard InChI is InChI=1S/C11H17NO6S2/c1-6(5-19(4)15)12-20(16,17)10-8(3)18-7(2)9(10)11(13)14/h6,12H,5H2,1-4H3,(H,13,14). The summed E-state index contributed by atoms with van der Waals surface area (Å²) in [6.45, 7) is 4.33. The van der Waals surface area contributed by atoms with Crippen molar-refractivity contribution in [3.63, 3.8) is 0 Å². The third-order valence-corrected chi connectivity index (χ3v) is 5.24. The summed E-state index contributed by atoms with van der Waals surface area (Å²) >= 11 is 0. The minimum absolute atomic E-state index is 0.0113. The summed E-state index contributed by atoms with van der Waals surface area (Å²) in [6.07, 6.45) is 1.46. The molecular formula is C11H17NO6S2. The molecule has 0 aliphatic heterocycles. The van der Waals surface area contributed by atoms with E-state index in [2.05, 4.69) is 4.72 Å². The van der Waals surface area contributed by atoms with Gasteiger partial charge >= 0.3 is 5.97 Å². The number of carboxylic acids is 1. The molecule has 0 fully saturated rings. The highest BCUT2D eigenvalue weighted by Crippen LogP contribution is 2.26. The summed E-state index contributed by atoms with van der Waals surface area (Å²) in [4.78, 5) is 10.8. The maximum Gasteiger partial charge on any atom is 0.340 e. The van der Waals surface area contributed by atoms with E-state index in [0.717, 1.165) is 0 Å². The molecule has 1 rings (SSSR count). The molecule has 114 valence electrons. The van der Waals surface area contributed by atoms with Crippen LogP contribution in [0.1, 0.15) is 28.8 Å². The first-order valence-electron chi connectivity index (χ1n) is 5.72. The van der Waals surface area contributed by atoms with Gasteiger partial charge in [-0.2, -0.15) is 0 Å². The summed E-state index contributed by atoms with van der Waals surface area (Å²) in [5.74, 6) is -1.19. The number of nitrogens with one attached hydrogen (secondary N) is 1. The van der Waals surface area contributed by atoms with Crippen molar-refractivity contribution in [3.05, 3.63) is 17.1 Å². The molecule has 9 heteroatoms. The third-order valence-electron chi connectivity index (χ3n) is 2.53. The summed E-state index contributed by atoms with van der Waals surface area (Å²) in [5.41, 5.74) is -0.375. The average Bonchev–Trinajstić information content (AvgIpc) is 2.51. The van der Waals surface area contributed by atoms with Crippen molar-refractivity contribution in [1.82, 2.24) is 4.72 Å². The SMILES string of the molecule is Cc1oc(C)c(S(=O)(=O)NC(C)CS(C)=O)c1C(=O)O. The summed E-state index contributed by atoms with van der Waals surface area (Å²) in [6, 6.07) is -0.581. The molecule has 2 N–H and O–H groups in total. The van der Waals surface area contributed by atoms with Crippen molar-refractivity contribution in [3.8, 4) is 0 Å². The van der Waals surface area contributed by atoms with Crippen molar-refractivity contribution in [2.24, 2.45) is 0 Å². The van der Waals surface area contributed by atoms with Crippen molar-refractivity contribution in [1.29, 1.82) is 0 Å². The van der Waals surface area contributed by atoms with Crippen LogP contribution >= 0.6 is 0 Å². The maximum atomic E-state index is 12.3. The van der Waals surface area contributed by atoms with Gasteiger partial charge in [-0.15, -0.1) is 0 Å². The molecule has 0 radical (unpaired) electrons. The minimum Gasteiger partial charge on any atom is -0.478 e. The van der Waals surface area contributed by atoms with Crippen molar-refractivity contribution in [2.45, 2.75) is 31.7 Å². The number of hydrogen-bond acceptors (Lipinski definition) is 5. The number of aryl methyl sites for hydroxylation is 2. The predicted octanol–water partition coefficient (Wildman–Crippen LogP) is 0.640. The molecule has 0 aliphatic rings. The second-order valence-corrected chi connectivity index (χ2v) is 7.62. The zero-order valence-corrected chi connectivity index (χ0v) is 13.2. The van der Waals surface area contributed by atoms with Gasteiger partial charge in [-0.1, -0.05) is 0 Å². The fourth-order valence-electron chi connectivity index (χ4n) is 1.94. The zero-order valence-electron chi connectivity index (χ0n) is 11.6. The first-order valence-corrected chi connectivity index (χ1v) is 8.93. The van der Waals surface area contributed by atoms with E-state index >= 15 is 0 Å². The second kappa shape index (κ2) is 6.06. The van der Waals surface area contributed by atoms with E-state index in [-0.39, 0.29) is 27.7 Å². The van der Waals surface area contributed by atoms with Gasteiger partial charge in [-0.3, -0.25) is 4.21 Å². The third kappa shape index (κ3) is 3.68. The Morgan fingerprint density at radius 3 is 2.40 bits per heavy atom. The van der Waals surface area contributed by atoms with Crippen LogP contribution < -0.4 is 4.72 Å². The van der Waals surface area contributed by atoms with E-state index in [4.69, 9.17) is 9.52 Å². The molecule has 0 saturated heterocycles. The van der Waals surface area contributed by atoms with Gasteiger partial charge in [0, 0.05) is 28.9 Å². The van der Waals surface area contributed by atoms with Crippen molar-refractivity contribution < 1.29 is 26.9 Å². The molecule has 0 spiro atoms. The van der Waals surface area contributed by atoms with Gasteiger partial charge in [0.25, 0.3) is 0 Å². The van der Waals surface area contributed by atoms with Gasteiger partial charge in [0.2, 0.25) is 10.0 Å². The highest BCUT2D eigenvalue weighted by atomic mass is 32.2. The first kappa shape index (κ1) is 16.9. The van der Waals surface area contributed by atoms with Gasteiger partial charge in [-0.05, 0) is 20.8 Å². The molecule has 1 aromatic heterocycles. The predicted molar refractivity (Wildman–Crippen MR) is 73.9 cm³/mol. The van der Waals surface area contributed by atoms with E-state index in [1.807, 2.05) is 0 Å². The zero-order chi connectivity index (χ0) is 15.7. The summed E-state index contributed by atoms with van der Waals surface area (Å²) in [7, 11) is -5.22. The molecule has 2 unspecified atom stereocenters. The molecule has 0 saturated carbocycles. The Morgan fingerprint density at radius 1 is 1.40 bits per heavy atom. The Labute approximate surface area is 119 Å². The lowest BCUT2D eigenvalue weighted by atomic mass is 10.2. The van der Waals surface area contributed by atoms with Crippen LogP contribution in [0.2, 0.25) is 0 Å². The normalized spacial score (nSPS) is 15.0. The maximum absolute atomic E-state index is 12.3. The van der Waals surface area contributed by atoms with Crippen LogP contribution in [0.15, 0.2) is 9.31 Å². The Balaban J connectivity index is 3.23. The van der Waals surface area contributed by atoms with E-state index in [0.29, 0.717) is 0 Å². The van der Waals surface area contributed by atoms with Crippen LogP contribution in [0.4, 0.5) is 0 Å². The molecule has 0 amide bonds. The monoisotopic (exact) mass is 323 g/mol. The summed E-state index contributed by atoms with van der Waals surface area (Å²) in [5, 5.41) is 9.10. The largest absolute Gasteiger partial charge is 0.478 e. The highest BCUT2D eigenvalue weighted by molar-refractivity contribution is 7.89. The van der Waals surface area contributed by atoms with Gasteiger partial charge in [0.1, 0.15) is 22.0 Å². The number of carboxylic acid groups (broad SMARTS) is 1. The molecule has 0 aromatic carbocycles. The van der Waals surface area contributed by atoms with Gasteiger partial charge in [0.05, 0.1) is 0 Å². The highest BCUT2D eigenvalue weighted by Gasteiger charge is 2.31. The lowest BCUT2D eigenvalue weighted by Gasteiger charge is -2.13. The summed E-state index contributed by atoms with van der Waals surface area (Å²) < 4.78 is 43.0. The molecule has 2 atom stereocenters. The Morgan fingerprint density at radius 2 is 1.95 bits per heavy atom. The van der Waals surface area contributed by atoms with E-state index < -0.39 is 32.8 Å². The number of hydrogen-bond donors (Lipinski definition) is 2. The molecule has 0 bridgehead atoms. The van der Waals surface area contributed by atoms with Crippen LogP contribution in [-0.2, 0) is 20.8 Å². The van der Waals surface area contributed by atoms with Crippen LogP contribution in [0, 0.1) is 13.8 Å². The number of rotatable bonds is 6. The molecule has 7 nitrogen and oxygen atoms in total. The van der Waals surface area contributed by atoms with Gasteiger partial charge < -0.3 is 9.52 Å². The molecule has 0 aliphatic carbocycles. The smallest absolute Gasteiger partial charge is 0.340 e. The Kier molecular flexibility index (Phi) is 5.11. The van der Waals surface area contributed by atoms with Crippen LogP contribution in [0.5, 0.6) is 0 Å². The van der Waals surface area contributed by atoms with Crippen LogP contribution in [0.25, 0.3) is 0 Å². The van der Waals surface area contributed by atoms with E-state index in [1.54, 1.807) is 6.92 Å². The lowest BCUT2D eigenvalue weighted by molar-refractivity contribution is 0.0691. The quantitative estimate of drug-likeness (QED) is 0.794. The van der Waals surface area contributed by atoms with Crippen LogP contribution in [0.3, 0.4) is 0 Å². The average molecular weight is 323 g/mol. The number of carbonyl (C=O) groups is 1. The lowest BCUT2D eigenvalue weighted by Crippen LogP contribution is -2.36. The van der Waals surface area contributed by atoms with Crippen molar-refractivity contribution in [2.75, 3.05) is 12.0 Å². The van der Waals surface area contributed by atoms with Crippen molar-refractivity contribution >= 4 is 26.8 Å². The fourth-order valence-corrected chi connectivity index (χ4v) is 4.49. The number of furan rings is 1. The molecule has 1 aromatic rings. The topological polar surface area (TPSA) is 114 Å². The van der Waals surface area contributed by atoms with Gasteiger partial charge in [-0.25, -0.2) is 17.9 Å². The number of sulfonamides is 1. The second-order valence-electron chi connectivity index (χ2n) is 4.49. The van der Waals surface area contributed by atoms with E-state index in [9.17, 15) is 17.4 Å². The Bertz CT molecular complexity index is 646. The number of aromatic carboxylic acids is 1. The Hall–Kier alpha value is -1.19. The molecule has 1 heterocycles.